The molecule has 1 aliphatic heterocycles. The van der Waals surface area contributed by atoms with Gasteiger partial charge in [0.15, 0.2) is 11.0 Å². The Morgan fingerprint density at radius 1 is 1.27 bits per heavy atom. The maximum Gasteiger partial charge on any atom is 0.234 e. The van der Waals surface area contributed by atoms with E-state index in [1.165, 1.54) is 23.9 Å². The van der Waals surface area contributed by atoms with Crippen LogP contribution in [-0.2, 0) is 22.6 Å². The van der Waals surface area contributed by atoms with Gasteiger partial charge in [-0.3, -0.25) is 4.79 Å². The second-order valence-corrected chi connectivity index (χ2v) is 9.18. The van der Waals surface area contributed by atoms with Crippen LogP contribution in [0.4, 0.5) is 15.8 Å². The molecule has 2 aromatic carbocycles. The third-order valence-electron chi connectivity index (χ3n) is 5.30. The molecular formula is C23H25ClFN5O2S. The molecule has 174 valence electrons. The number of anilines is 2. The van der Waals surface area contributed by atoms with E-state index in [1.54, 1.807) is 24.3 Å². The van der Waals surface area contributed by atoms with Crippen molar-refractivity contribution < 1.29 is 13.9 Å². The second kappa shape index (κ2) is 11.0. The zero-order valence-corrected chi connectivity index (χ0v) is 19.8. The van der Waals surface area contributed by atoms with E-state index in [4.69, 9.17) is 16.3 Å². The fraction of sp³-hybridized carbons (Fsp3) is 0.348. The number of rotatable bonds is 9. The molecule has 2 N–H and O–H groups in total. The van der Waals surface area contributed by atoms with E-state index in [9.17, 15) is 9.18 Å². The van der Waals surface area contributed by atoms with Gasteiger partial charge in [0.05, 0.1) is 24.9 Å². The fourth-order valence-electron chi connectivity index (χ4n) is 3.53. The van der Waals surface area contributed by atoms with Crippen molar-refractivity contribution in [1.29, 1.82) is 0 Å². The third kappa shape index (κ3) is 6.46. The number of thioether (sulfide) groups is 1. The van der Waals surface area contributed by atoms with Gasteiger partial charge in [0.25, 0.3) is 0 Å². The summed E-state index contributed by atoms with van der Waals surface area (Å²) in [7, 11) is 0. The van der Waals surface area contributed by atoms with Gasteiger partial charge in [0, 0.05) is 23.0 Å². The molecule has 10 heteroatoms. The Labute approximate surface area is 201 Å². The highest BCUT2D eigenvalue weighted by Gasteiger charge is 2.21. The van der Waals surface area contributed by atoms with Crippen LogP contribution in [0.5, 0.6) is 0 Å². The number of hydrogen-bond acceptors (Lipinski definition) is 6. The third-order valence-corrected chi connectivity index (χ3v) is 6.51. The topological polar surface area (TPSA) is 81.1 Å². The van der Waals surface area contributed by atoms with Gasteiger partial charge in [-0.25, -0.2) is 4.39 Å². The predicted octanol–water partition coefficient (Wildman–Crippen LogP) is 4.90. The molecule has 0 unspecified atom stereocenters. The molecular weight excluding hydrogens is 465 g/mol. The Bertz CT molecular complexity index is 1100. The number of nitrogens with one attached hydrogen (secondary N) is 2. The lowest BCUT2D eigenvalue weighted by Gasteiger charge is -2.15. The largest absolute Gasteiger partial charge is 0.378 e. The summed E-state index contributed by atoms with van der Waals surface area (Å²) >= 11 is 7.37. The zero-order valence-electron chi connectivity index (χ0n) is 18.2. The highest BCUT2D eigenvalue weighted by molar-refractivity contribution is 7.99. The Kier molecular flexibility index (Phi) is 7.85. The number of carbonyl (C=O) groups excluding carboxylic acids is 1. The molecule has 33 heavy (non-hydrogen) atoms. The number of aryl methyl sites for hydroxylation is 1. The highest BCUT2D eigenvalue weighted by Crippen LogP contribution is 2.24. The molecule has 1 aromatic heterocycles. The molecule has 0 radical (unpaired) electrons. The van der Waals surface area contributed by atoms with Crippen LogP contribution in [0.3, 0.4) is 0 Å². The summed E-state index contributed by atoms with van der Waals surface area (Å²) in [5, 5.41) is 16.0. The lowest BCUT2D eigenvalue weighted by Crippen LogP contribution is -2.20. The Balaban J connectivity index is 1.42. The van der Waals surface area contributed by atoms with E-state index in [-0.39, 0.29) is 23.6 Å². The number of ether oxygens (including phenoxy) is 1. The molecule has 4 rings (SSSR count). The molecule has 2 heterocycles. The van der Waals surface area contributed by atoms with E-state index in [0.717, 1.165) is 36.5 Å². The van der Waals surface area contributed by atoms with Crippen molar-refractivity contribution in [3.8, 4) is 0 Å². The van der Waals surface area contributed by atoms with Crippen LogP contribution in [-0.4, -0.2) is 39.1 Å². The number of nitrogens with zero attached hydrogens (tertiary/aromatic N) is 3. The van der Waals surface area contributed by atoms with Crippen molar-refractivity contribution in [1.82, 2.24) is 14.8 Å². The summed E-state index contributed by atoms with van der Waals surface area (Å²) in [4.78, 5) is 12.6. The minimum absolute atomic E-state index is 0.0906. The van der Waals surface area contributed by atoms with Gasteiger partial charge >= 0.3 is 0 Å². The van der Waals surface area contributed by atoms with E-state index in [1.807, 2.05) is 17.6 Å². The number of amides is 1. The first kappa shape index (κ1) is 23.5. The molecule has 1 atom stereocenters. The molecule has 1 aliphatic rings. The average molecular weight is 490 g/mol. The van der Waals surface area contributed by atoms with Crippen molar-refractivity contribution in [2.45, 2.75) is 44.1 Å². The Morgan fingerprint density at radius 2 is 2.09 bits per heavy atom. The van der Waals surface area contributed by atoms with Gasteiger partial charge in [-0.2, -0.15) is 0 Å². The summed E-state index contributed by atoms with van der Waals surface area (Å²) in [6.45, 7) is 3.70. The number of hydrogen-bond donors (Lipinski definition) is 2. The van der Waals surface area contributed by atoms with Crippen LogP contribution in [0.15, 0.2) is 47.6 Å². The highest BCUT2D eigenvalue weighted by atomic mass is 35.5. The van der Waals surface area contributed by atoms with E-state index < -0.39 is 0 Å². The van der Waals surface area contributed by atoms with Crippen LogP contribution in [0.1, 0.15) is 24.2 Å². The van der Waals surface area contributed by atoms with Gasteiger partial charge in [0.1, 0.15) is 5.82 Å². The first-order valence-corrected chi connectivity index (χ1v) is 12.1. The lowest BCUT2D eigenvalue weighted by molar-refractivity contribution is -0.113. The minimum atomic E-state index is -0.285. The van der Waals surface area contributed by atoms with Crippen LogP contribution < -0.4 is 10.6 Å². The number of aromatic nitrogens is 3. The molecule has 0 aliphatic carbocycles. The standard InChI is InChI=1S/C23H25ClFN5O2S/c1-15-4-5-16(24)11-20(15)27-22(31)14-33-23-29-28-21(30(23)13-19-3-2-10-32-19)12-26-18-8-6-17(25)7-9-18/h4-9,11,19,26H,2-3,10,12-14H2,1H3,(H,27,31)/t19-/m0/s1. The lowest BCUT2D eigenvalue weighted by atomic mass is 10.2. The monoisotopic (exact) mass is 489 g/mol. The van der Waals surface area contributed by atoms with Gasteiger partial charge in [-0.1, -0.05) is 29.4 Å². The molecule has 0 bridgehead atoms. The summed E-state index contributed by atoms with van der Waals surface area (Å²) in [6.07, 6.45) is 2.09. The molecule has 7 nitrogen and oxygen atoms in total. The minimum Gasteiger partial charge on any atom is -0.378 e. The molecule has 1 saturated heterocycles. The smallest absolute Gasteiger partial charge is 0.234 e. The molecule has 1 fully saturated rings. The van der Waals surface area contributed by atoms with Crippen molar-refractivity contribution in [3.63, 3.8) is 0 Å². The molecule has 0 saturated carbocycles. The summed E-state index contributed by atoms with van der Waals surface area (Å²) in [6, 6.07) is 11.5. The fourth-order valence-corrected chi connectivity index (χ4v) is 4.46. The van der Waals surface area contributed by atoms with Crippen LogP contribution in [0.2, 0.25) is 5.02 Å². The van der Waals surface area contributed by atoms with Crippen molar-refractivity contribution in [2.75, 3.05) is 23.0 Å². The van der Waals surface area contributed by atoms with E-state index >= 15 is 0 Å². The van der Waals surface area contributed by atoms with E-state index in [0.29, 0.717) is 29.0 Å². The van der Waals surface area contributed by atoms with Crippen molar-refractivity contribution in [3.05, 3.63) is 64.7 Å². The second-order valence-electron chi connectivity index (χ2n) is 7.80. The normalized spacial score (nSPS) is 15.5. The number of halogens is 2. The zero-order chi connectivity index (χ0) is 23.2. The SMILES string of the molecule is Cc1ccc(Cl)cc1NC(=O)CSc1nnc(CNc2ccc(F)cc2)n1C[C@@H]1CCCO1. The van der Waals surface area contributed by atoms with Crippen LogP contribution in [0, 0.1) is 12.7 Å². The van der Waals surface area contributed by atoms with Gasteiger partial charge in [-0.05, 0) is 61.7 Å². The quantitative estimate of drug-likeness (QED) is 0.416. The Hall–Kier alpha value is -2.62. The first-order chi connectivity index (χ1) is 16.0. The van der Waals surface area contributed by atoms with Crippen molar-refractivity contribution >= 4 is 40.6 Å². The average Bonchev–Trinajstić information content (AvgIpc) is 3.45. The summed E-state index contributed by atoms with van der Waals surface area (Å²) < 4.78 is 21.0. The van der Waals surface area contributed by atoms with Crippen molar-refractivity contribution in [2.24, 2.45) is 0 Å². The summed E-state index contributed by atoms with van der Waals surface area (Å²) in [5.41, 5.74) is 2.42. The molecule has 0 spiro atoms. The van der Waals surface area contributed by atoms with E-state index in [2.05, 4.69) is 20.8 Å². The number of benzene rings is 2. The van der Waals surface area contributed by atoms with Gasteiger partial charge in [-0.15, -0.1) is 10.2 Å². The van der Waals surface area contributed by atoms with Gasteiger partial charge in [0.2, 0.25) is 5.91 Å². The molecule has 3 aromatic rings. The maximum atomic E-state index is 13.2. The molecule has 1 amide bonds. The summed E-state index contributed by atoms with van der Waals surface area (Å²) in [5.74, 6) is 0.472. The first-order valence-electron chi connectivity index (χ1n) is 10.7. The maximum absolute atomic E-state index is 13.2. The van der Waals surface area contributed by atoms with Gasteiger partial charge < -0.3 is 19.9 Å². The Morgan fingerprint density at radius 3 is 2.85 bits per heavy atom. The number of carbonyl (C=O) groups is 1. The van der Waals surface area contributed by atoms with Crippen LogP contribution in [0.25, 0.3) is 0 Å². The van der Waals surface area contributed by atoms with Crippen LogP contribution >= 0.6 is 23.4 Å². The predicted molar refractivity (Wildman–Crippen MR) is 128 cm³/mol.